The van der Waals surface area contributed by atoms with E-state index in [9.17, 15) is 9.59 Å². The maximum absolute atomic E-state index is 12.2. The van der Waals surface area contributed by atoms with Crippen LogP contribution in [0.2, 0.25) is 0 Å². The molecule has 0 aliphatic carbocycles. The topological polar surface area (TPSA) is 77.8 Å². The molecule has 1 heterocycles. The number of fused-ring (bicyclic) bond motifs is 1. The number of methoxy groups -OCH3 is 1. The molecule has 0 radical (unpaired) electrons. The molecule has 3 rings (SSSR count). The van der Waals surface area contributed by atoms with Crippen molar-refractivity contribution in [3.8, 4) is 11.5 Å². The van der Waals surface area contributed by atoms with Crippen molar-refractivity contribution in [1.82, 2.24) is 5.32 Å². The highest BCUT2D eigenvalue weighted by molar-refractivity contribution is 5.93. The lowest BCUT2D eigenvalue weighted by molar-refractivity contribution is 0.0919. The van der Waals surface area contributed by atoms with Crippen LogP contribution in [0.1, 0.15) is 10.6 Å². The van der Waals surface area contributed by atoms with Crippen LogP contribution < -0.4 is 20.2 Å². The smallest absolute Gasteiger partial charge is 0.287 e. The van der Waals surface area contributed by atoms with E-state index in [0.717, 1.165) is 0 Å². The van der Waals surface area contributed by atoms with Gasteiger partial charge in [0.05, 0.1) is 19.0 Å². The summed E-state index contributed by atoms with van der Waals surface area (Å²) in [6, 6.07) is 15.2. The van der Waals surface area contributed by atoms with Crippen molar-refractivity contribution in [2.45, 2.75) is 0 Å². The van der Waals surface area contributed by atoms with Crippen molar-refractivity contribution >= 4 is 16.9 Å². The second kappa shape index (κ2) is 7.53. The number of hydrogen-bond acceptors (Lipinski definition) is 5. The van der Waals surface area contributed by atoms with E-state index in [2.05, 4.69) is 5.32 Å². The van der Waals surface area contributed by atoms with Gasteiger partial charge < -0.3 is 19.2 Å². The van der Waals surface area contributed by atoms with Gasteiger partial charge in [-0.1, -0.05) is 24.3 Å². The van der Waals surface area contributed by atoms with Crippen LogP contribution in [-0.2, 0) is 0 Å². The second-order valence-electron chi connectivity index (χ2n) is 5.23. The van der Waals surface area contributed by atoms with Gasteiger partial charge in [-0.15, -0.1) is 0 Å². The van der Waals surface area contributed by atoms with Gasteiger partial charge in [-0.25, -0.2) is 0 Å². The van der Waals surface area contributed by atoms with Crippen LogP contribution in [0.5, 0.6) is 11.5 Å². The first-order valence-corrected chi connectivity index (χ1v) is 7.76. The zero-order chi connectivity index (χ0) is 17.6. The molecule has 0 spiro atoms. The maximum atomic E-state index is 12.2. The van der Waals surface area contributed by atoms with Gasteiger partial charge in [0.1, 0.15) is 12.2 Å². The molecular formula is C19H17NO5. The van der Waals surface area contributed by atoms with Crippen molar-refractivity contribution < 1.29 is 18.7 Å². The lowest BCUT2D eigenvalue weighted by Crippen LogP contribution is -2.28. The molecular weight excluding hydrogens is 322 g/mol. The molecule has 1 aromatic heterocycles. The Balaban J connectivity index is 1.60. The monoisotopic (exact) mass is 339 g/mol. The van der Waals surface area contributed by atoms with Crippen molar-refractivity contribution in [2.75, 3.05) is 20.3 Å². The van der Waals surface area contributed by atoms with E-state index in [-0.39, 0.29) is 24.3 Å². The summed E-state index contributed by atoms with van der Waals surface area (Å²) in [5.74, 6) is 0.721. The minimum atomic E-state index is -0.466. The first-order chi connectivity index (χ1) is 12.2. The number of hydrogen-bond donors (Lipinski definition) is 1. The average molecular weight is 339 g/mol. The van der Waals surface area contributed by atoms with Crippen molar-refractivity contribution in [3.63, 3.8) is 0 Å². The third-order valence-electron chi connectivity index (χ3n) is 3.57. The number of rotatable bonds is 6. The van der Waals surface area contributed by atoms with E-state index in [4.69, 9.17) is 13.9 Å². The average Bonchev–Trinajstić information content (AvgIpc) is 2.65. The zero-order valence-electron chi connectivity index (χ0n) is 13.7. The van der Waals surface area contributed by atoms with Crippen molar-refractivity contribution in [2.24, 2.45) is 0 Å². The van der Waals surface area contributed by atoms with Gasteiger partial charge in [0.25, 0.3) is 5.91 Å². The lowest BCUT2D eigenvalue weighted by Gasteiger charge is -2.10. The number of ether oxygens (including phenoxy) is 2. The summed E-state index contributed by atoms with van der Waals surface area (Å²) in [4.78, 5) is 24.2. The summed E-state index contributed by atoms with van der Waals surface area (Å²) in [5, 5.41) is 3.10. The molecule has 128 valence electrons. The Morgan fingerprint density at radius 3 is 2.60 bits per heavy atom. The molecule has 0 unspecified atom stereocenters. The fraction of sp³-hybridized carbons (Fsp3) is 0.158. The SMILES string of the molecule is COc1ccccc1OCCNC(=O)c1cc(=O)c2ccccc2o1. The fourth-order valence-electron chi connectivity index (χ4n) is 2.37. The summed E-state index contributed by atoms with van der Waals surface area (Å²) >= 11 is 0. The Bertz CT molecular complexity index is 948. The molecule has 2 aromatic carbocycles. The second-order valence-corrected chi connectivity index (χ2v) is 5.23. The normalized spacial score (nSPS) is 10.4. The summed E-state index contributed by atoms with van der Waals surface area (Å²) < 4.78 is 16.2. The van der Waals surface area contributed by atoms with Crippen LogP contribution in [0.3, 0.4) is 0 Å². The molecule has 0 aliphatic rings. The summed E-state index contributed by atoms with van der Waals surface area (Å²) in [6.45, 7) is 0.511. The summed E-state index contributed by atoms with van der Waals surface area (Å²) in [5.41, 5.74) is 0.127. The Morgan fingerprint density at radius 1 is 1.08 bits per heavy atom. The van der Waals surface area contributed by atoms with Gasteiger partial charge in [-0.2, -0.15) is 0 Å². The summed E-state index contributed by atoms with van der Waals surface area (Å²) in [7, 11) is 1.56. The Hall–Kier alpha value is -3.28. The molecule has 0 aliphatic heterocycles. The first-order valence-electron chi connectivity index (χ1n) is 7.76. The molecule has 0 fully saturated rings. The van der Waals surface area contributed by atoms with E-state index in [1.165, 1.54) is 6.07 Å². The maximum Gasteiger partial charge on any atom is 0.287 e. The fourth-order valence-corrected chi connectivity index (χ4v) is 2.37. The molecule has 6 heteroatoms. The van der Waals surface area contributed by atoms with Crippen LogP contribution in [0.15, 0.2) is 63.8 Å². The van der Waals surface area contributed by atoms with Crippen LogP contribution in [0, 0.1) is 0 Å². The Morgan fingerprint density at radius 2 is 1.80 bits per heavy atom. The highest BCUT2D eigenvalue weighted by atomic mass is 16.5. The minimum absolute atomic E-state index is 0.0269. The highest BCUT2D eigenvalue weighted by Crippen LogP contribution is 2.25. The van der Waals surface area contributed by atoms with Crippen molar-refractivity contribution in [3.05, 3.63) is 70.6 Å². The van der Waals surface area contributed by atoms with Gasteiger partial charge in [-0.05, 0) is 24.3 Å². The molecule has 0 bridgehead atoms. The predicted octanol–water partition coefficient (Wildman–Crippen LogP) is 2.61. The number of carbonyl (C=O) groups excluding carboxylic acids is 1. The molecule has 6 nitrogen and oxygen atoms in total. The number of para-hydroxylation sites is 3. The molecule has 0 saturated heterocycles. The van der Waals surface area contributed by atoms with Crippen molar-refractivity contribution in [1.29, 1.82) is 0 Å². The third-order valence-corrected chi connectivity index (χ3v) is 3.57. The molecule has 0 saturated carbocycles. The van der Waals surface area contributed by atoms with E-state index < -0.39 is 5.91 Å². The quantitative estimate of drug-likeness (QED) is 0.699. The van der Waals surface area contributed by atoms with Crippen LogP contribution in [0.4, 0.5) is 0 Å². The molecule has 25 heavy (non-hydrogen) atoms. The minimum Gasteiger partial charge on any atom is -0.493 e. The van der Waals surface area contributed by atoms with E-state index in [1.54, 1.807) is 43.5 Å². The Kier molecular flexibility index (Phi) is 4.99. The standard InChI is InChI=1S/C19H17NO5/c1-23-16-8-4-5-9-17(16)24-11-10-20-19(22)18-12-14(21)13-6-2-3-7-15(13)25-18/h2-9,12H,10-11H2,1H3,(H,20,22). The van der Waals surface area contributed by atoms with Gasteiger partial charge in [-0.3, -0.25) is 9.59 Å². The lowest BCUT2D eigenvalue weighted by atomic mass is 10.2. The number of carbonyl (C=O) groups is 1. The number of nitrogens with one attached hydrogen (secondary N) is 1. The highest BCUT2D eigenvalue weighted by Gasteiger charge is 2.12. The van der Waals surface area contributed by atoms with E-state index in [1.807, 2.05) is 12.1 Å². The van der Waals surface area contributed by atoms with Gasteiger partial charge in [0.15, 0.2) is 22.7 Å². The largest absolute Gasteiger partial charge is 0.493 e. The summed E-state index contributed by atoms with van der Waals surface area (Å²) in [6.07, 6.45) is 0. The van der Waals surface area contributed by atoms with E-state index in [0.29, 0.717) is 22.5 Å². The Labute approximate surface area is 144 Å². The van der Waals surface area contributed by atoms with Crippen LogP contribution in [-0.4, -0.2) is 26.2 Å². The predicted molar refractivity (Wildman–Crippen MR) is 93.3 cm³/mol. The van der Waals surface area contributed by atoms with Gasteiger partial charge in [0.2, 0.25) is 0 Å². The zero-order valence-corrected chi connectivity index (χ0v) is 13.7. The molecule has 3 aromatic rings. The molecule has 1 amide bonds. The number of amides is 1. The molecule has 1 N–H and O–H groups in total. The number of benzene rings is 2. The van der Waals surface area contributed by atoms with E-state index >= 15 is 0 Å². The van der Waals surface area contributed by atoms with Gasteiger partial charge in [0, 0.05) is 6.07 Å². The van der Waals surface area contributed by atoms with Gasteiger partial charge >= 0.3 is 0 Å². The molecule has 0 atom stereocenters. The van der Waals surface area contributed by atoms with Crippen LogP contribution >= 0.6 is 0 Å². The first kappa shape index (κ1) is 16.6. The third kappa shape index (κ3) is 3.80. The van der Waals surface area contributed by atoms with Crippen LogP contribution in [0.25, 0.3) is 11.0 Å².